The van der Waals surface area contributed by atoms with Crippen LogP contribution in [0.1, 0.15) is 11.7 Å². The van der Waals surface area contributed by atoms with Crippen molar-refractivity contribution in [2.24, 2.45) is 0 Å². The van der Waals surface area contributed by atoms with Crippen molar-refractivity contribution in [3.63, 3.8) is 0 Å². The van der Waals surface area contributed by atoms with Crippen LogP contribution < -0.4 is 4.74 Å². The number of halogens is 3. The highest BCUT2D eigenvalue weighted by Crippen LogP contribution is 2.33. The molecule has 3 nitrogen and oxygen atoms in total. The molecule has 0 unspecified atom stereocenters. The first-order chi connectivity index (χ1) is 9.87. The van der Waals surface area contributed by atoms with Gasteiger partial charge in [-0.1, -0.05) is 18.2 Å². The SMILES string of the molecule is CC(=O)n1c2ccccc2c2ccc(OC(F)(F)F)cc21. The quantitative estimate of drug-likeness (QED) is 0.667. The average molecular weight is 293 g/mol. The van der Waals surface area contributed by atoms with Crippen molar-refractivity contribution in [1.29, 1.82) is 0 Å². The van der Waals surface area contributed by atoms with Crippen molar-refractivity contribution in [3.8, 4) is 5.75 Å². The third-order valence-corrected chi connectivity index (χ3v) is 3.19. The van der Waals surface area contributed by atoms with Gasteiger partial charge in [-0.15, -0.1) is 13.2 Å². The number of hydrogen-bond acceptors (Lipinski definition) is 2. The third-order valence-electron chi connectivity index (χ3n) is 3.19. The van der Waals surface area contributed by atoms with Gasteiger partial charge in [-0.05, 0) is 18.2 Å². The number of nitrogens with zero attached hydrogens (tertiary/aromatic N) is 1. The predicted octanol–water partition coefficient (Wildman–Crippen LogP) is 4.35. The maximum absolute atomic E-state index is 12.3. The fourth-order valence-corrected chi connectivity index (χ4v) is 2.49. The molecule has 0 aliphatic rings. The van der Waals surface area contributed by atoms with E-state index in [1.54, 1.807) is 12.1 Å². The molecular weight excluding hydrogens is 283 g/mol. The first kappa shape index (κ1) is 13.5. The molecule has 1 heterocycles. The highest BCUT2D eigenvalue weighted by molar-refractivity contribution is 6.13. The van der Waals surface area contributed by atoms with Crippen LogP contribution in [0.2, 0.25) is 0 Å². The zero-order chi connectivity index (χ0) is 15.2. The molecule has 0 radical (unpaired) electrons. The Kier molecular flexibility index (Phi) is 2.90. The highest BCUT2D eigenvalue weighted by Gasteiger charge is 2.31. The molecular formula is C15H10F3NO2. The topological polar surface area (TPSA) is 31.2 Å². The number of carbonyl (C=O) groups is 1. The Morgan fingerprint density at radius 2 is 1.71 bits per heavy atom. The van der Waals surface area contributed by atoms with Crippen LogP contribution in [0, 0.1) is 0 Å². The van der Waals surface area contributed by atoms with Gasteiger partial charge in [0.1, 0.15) is 5.75 Å². The minimum Gasteiger partial charge on any atom is -0.406 e. The maximum Gasteiger partial charge on any atom is 0.573 e. The van der Waals surface area contributed by atoms with Crippen LogP contribution in [0.4, 0.5) is 13.2 Å². The molecule has 6 heteroatoms. The molecule has 0 saturated carbocycles. The van der Waals surface area contributed by atoms with E-state index in [0.717, 1.165) is 5.39 Å². The van der Waals surface area contributed by atoms with Gasteiger partial charge in [0.2, 0.25) is 5.91 Å². The Balaban J connectivity index is 2.31. The van der Waals surface area contributed by atoms with Crippen molar-refractivity contribution in [2.45, 2.75) is 13.3 Å². The molecule has 0 N–H and O–H groups in total. The molecule has 108 valence electrons. The summed E-state index contributed by atoms with van der Waals surface area (Å²) in [6.07, 6.45) is -4.76. The monoisotopic (exact) mass is 293 g/mol. The summed E-state index contributed by atoms with van der Waals surface area (Å²) in [6, 6.07) is 11.2. The van der Waals surface area contributed by atoms with Gasteiger partial charge in [-0.3, -0.25) is 9.36 Å². The summed E-state index contributed by atoms with van der Waals surface area (Å²) in [4.78, 5) is 11.8. The largest absolute Gasteiger partial charge is 0.573 e. The van der Waals surface area contributed by atoms with E-state index in [1.165, 1.54) is 29.7 Å². The average Bonchev–Trinajstić information content (AvgIpc) is 2.70. The zero-order valence-electron chi connectivity index (χ0n) is 10.9. The van der Waals surface area contributed by atoms with E-state index in [4.69, 9.17) is 0 Å². The maximum atomic E-state index is 12.3. The van der Waals surface area contributed by atoms with Gasteiger partial charge in [0.05, 0.1) is 11.0 Å². The van der Waals surface area contributed by atoms with E-state index in [-0.39, 0.29) is 11.7 Å². The smallest absolute Gasteiger partial charge is 0.406 e. The van der Waals surface area contributed by atoms with Crippen molar-refractivity contribution >= 4 is 27.7 Å². The van der Waals surface area contributed by atoms with Gasteiger partial charge in [0.25, 0.3) is 0 Å². The lowest BCUT2D eigenvalue weighted by atomic mass is 10.1. The number of carbonyl (C=O) groups excluding carboxylic acids is 1. The van der Waals surface area contributed by atoms with Crippen LogP contribution in [0.15, 0.2) is 42.5 Å². The van der Waals surface area contributed by atoms with Crippen LogP contribution in [-0.4, -0.2) is 16.8 Å². The van der Waals surface area contributed by atoms with Crippen LogP contribution in [-0.2, 0) is 0 Å². The normalized spacial score (nSPS) is 12.0. The number of ether oxygens (including phenoxy) is 1. The van der Waals surface area contributed by atoms with Gasteiger partial charge in [0, 0.05) is 23.8 Å². The lowest BCUT2D eigenvalue weighted by Gasteiger charge is -2.09. The Morgan fingerprint density at radius 1 is 1.05 bits per heavy atom. The molecule has 0 spiro atoms. The van der Waals surface area contributed by atoms with E-state index >= 15 is 0 Å². The number of benzene rings is 2. The number of alkyl halides is 3. The van der Waals surface area contributed by atoms with E-state index in [2.05, 4.69) is 4.74 Å². The van der Waals surface area contributed by atoms with Crippen molar-refractivity contribution in [2.75, 3.05) is 0 Å². The number of aromatic nitrogens is 1. The van der Waals surface area contributed by atoms with Crippen LogP contribution in [0.25, 0.3) is 21.8 Å². The molecule has 0 fully saturated rings. The third kappa shape index (κ3) is 2.33. The zero-order valence-corrected chi connectivity index (χ0v) is 10.9. The van der Waals surface area contributed by atoms with E-state index < -0.39 is 6.36 Å². The van der Waals surface area contributed by atoms with E-state index in [9.17, 15) is 18.0 Å². The molecule has 0 saturated heterocycles. The summed E-state index contributed by atoms with van der Waals surface area (Å²) >= 11 is 0. The number of hydrogen-bond donors (Lipinski definition) is 0. The van der Waals surface area contributed by atoms with Crippen molar-refractivity contribution in [1.82, 2.24) is 4.57 Å². The Morgan fingerprint density at radius 3 is 2.38 bits per heavy atom. The standard InChI is InChI=1S/C15H10F3NO2/c1-9(20)19-13-5-3-2-4-11(13)12-7-6-10(8-14(12)19)21-15(16,17)18/h2-8H,1H3. The second-order valence-electron chi connectivity index (χ2n) is 4.60. The molecule has 0 bridgehead atoms. The van der Waals surface area contributed by atoms with Crippen molar-refractivity contribution < 1.29 is 22.7 Å². The van der Waals surface area contributed by atoms with Crippen LogP contribution >= 0.6 is 0 Å². The Labute approximate surface area is 117 Å². The van der Waals surface area contributed by atoms with Gasteiger partial charge >= 0.3 is 6.36 Å². The van der Waals surface area contributed by atoms with Gasteiger partial charge < -0.3 is 4.74 Å². The fraction of sp³-hybridized carbons (Fsp3) is 0.133. The minimum atomic E-state index is -4.76. The number of rotatable bonds is 1. The van der Waals surface area contributed by atoms with Crippen molar-refractivity contribution in [3.05, 3.63) is 42.5 Å². The molecule has 0 atom stereocenters. The first-order valence-electron chi connectivity index (χ1n) is 6.17. The Hall–Kier alpha value is -2.50. The predicted molar refractivity (Wildman–Crippen MR) is 72.4 cm³/mol. The summed E-state index contributed by atoms with van der Waals surface area (Å²) < 4.78 is 42.2. The number of fused-ring (bicyclic) bond motifs is 3. The molecule has 21 heavy (non-hydrogen) atoms. The molecule has 3 rings (SSSR count). The summed E-state index contributed by atoms with van der Waals surface area (Å²) in [5.41, 5.74) is 1.05. The van der Waals surface area contributed by atoms with Crippen LogP contribution in [0.3, 0.4) is 0 Å². The lowest BCUT2D eigenvalue weighted by Crippen LogP contribution is -2.17. The minimum absolute atomic E-state index is 0.273. The van der Waals surface area contributed by atoms with Gasteiger partial charge in [0.15, 0.2) is 0 Å². The summed E-state index contributed by atoms with van der Waals surface area (Å²) in [5, 5.41) is 1.51. The van der Waals surface area contributed by atoms with Crippen LogP contribution in [0.5, 0.6) is 5.75 Å². The molecule has 0 aliphatic carbocycles. The fourth-order valence-electron chi connectivity index (χ4n) is 2.49. The second-order valence-corrected chi connectivity index (χ2v) is 4.60. The second kappa shape index (κ2) is 4.51. The first-order valence-corrected chi connectivity index (χ1v) is 6.17. The van der Waals surface area contributed by atoms with E-state index in [0.29, 0.717) is 16.4 Å². The van der Waals surface area contributed by atoms with E-state index in [1.807, 2.05) is 12.1 Å². The Bertz CT molecular complexity index is 849. The molecule has 3 aromatic rings. The highest BCUT2D eigenvalue weighted by atomic mass is 19.4. The molecule has 0 aliphatic heterocycles. The number of para-hydroxylation sites is 1. The summed E-state index contributed by atoms with van der Waals surface area (Å²) in [7, 11) is 0. The van der Waals surface area contributed by atoms with Gasteiger partial charge in [-0.2, -0.15) is 0 Å². The molecule has 2 aromatic carbocycles. The summed E-state index contributed by atoms with van der Waals surface area (Å²) in [6.45, 7) is 1.36. The van der Waals surface area contributed by atoms with Gasteiger partial charge in [-0.25, -0.2) is 0 Å². The lowest BCUT2D eigenvalue weighted by molar-refractivity contribution is -0.274. The molecule has 1 aromatic heterocycles. The summed E-state index contributed by atoms with van der Waals surface area (Å²) in [5.74, 6) is -0.620. The molecule has 0 amide bonds.